The van der Waals surface area contributed by atoms with Gasteiger partial charge in [-0.25, -0.2) is 8.42 Å². The van der Waals surface area contributed by atoms with E-state index in [-0.39, 0.29) is 44.7 Å². The molecule has 3 aromatic rings. The second-order valence-corrected chi connectivity index (χ2v) is 13.0. The van der Waals surface area contributed by atoms with E-state index in [1.165, 1.54) is 63.7 Å². The van der Waals surface area contributed by atoms with Gasteiger partial charge in [0.25, 0.3) is 10.0 Å². The minimum atomic E-state index is -4.49. The van der Waals surface area contributed by atoms with E-state index in [0.717, 1.165) is 4.31 Å². The lowest BCUT2D eigenvalue weighted by Crippen LogP contribution is -2.52. The lowest BCUT2D eigenvalue weighted by atomic mass is 10.1. The molecule has 0 saturated carbocycles. The fourth-order valence-corrected chi connectivity index (χ4v) is 6.46. The molecule has 0 bridgehead atoms. The number of benzene rings is 3. The van der Waals surface area contributed by atoms with Crippen molar-refractivity contribution in [1.29, 1.82) is 0 Å². The van der Waals surface area contributed by atoms with Gasteiger partial charge in [0.05, 0.1) is 39.0 Å². The summed E-state index contributed by atoms with van der Waals surface area (Å²) < 4.78 is 51.3. The van der Waals surface area contributed by atoms with Crippen LogP contribution >= 0.6 is 23.2 Å². The van der Waals surface area contributed by atoms with Crippen LogP contribution in [-0.2, 0) is 26.2 Å². The summed E-state index contributed by atoms with van der Waals surface area (Å²) in [5, 5.41) is 3.45. The third-order valence-corrected chi connectivity index (χ3v) is 9.90. The van der Waals surface area contributed by atoms with Crippen LogP contribution in [0.15, 0.2) is 59.5 Å². The molecule has 0 heterocycles. The normalized spacial score (nSPS) is 12.5. The van der Waals surface area contributed by atoms with Crippen molar-refractivity contribution < 1.29 is 37.0 Å². The SMILES string of the molecule is CC[C@H](C)NC(=O)[C@@H](C)N(Cc1c(Cl)cccc1Cl)C(=O)CN(c1cc(OC)ccc1OC)S(=O)(=O)c1ccc(OC)c(OC)c1. The van der Waals surface area contributed by atoms with Gasteiger partial charge < -0.3 is 29.2 Å². The first-order valence-corrected chi connectivity index (χ1v) is 16.5. The molecule has 0 saturated heterocycles. The number of hydrogen-bond acceptors (Lipinski definition) is 8. The number of carbonyl (C=O) groups excluding carboxylic acids is 2. The topological polar surface area (TPSA) is 124 Å². The van der Waals surface area contributed by atoms with E-state index in [2.05, 4.69) is 5.32 Å². The standard InChI is InChI=1S/C32H39Cl2N3O8S/c1-8-20(2)35-32(39)21(3)36(18-24-25(33)10-9-11-26(24)34)31(38)19-37(27-16-22(42-4)12-14-28(27)43-5)46(40,41)23-13-15-29(44-6)30(17-23)45-7/h9-17,20-21H,8,18-19H2,1-7H3,(H,35,39)/t20-,21+/m0/s1. The van der Waals surface area contributed by atoms with E-state index in [0.29, 0.717) is 23.5 Å². The Labute approximate surface area is 280 Å². The van der Waals surface area contributed by atoms with Crippen molar-refractivity contribution in [3.63, 3.8) is 0 Å². The Morgan fingerprint density at radius 2 is 1.46 bits per heavy atom. The zero-order valence-corrected chi connectivity index (χ0v) is 29.1. The van der Waals surface area contributed by atoms with Crippen molar-refractivity contribution in [2.24, 2.45) is 0 Å². The second-order valence-electron chi connectivity index (χ2n) is 10.3. The highest BCUT2D eigenvalue weighted by atomic mass is 35.5. The Morgan fingerprint density at radius 1 is 0.848 bits per heavy atom. The van der Waals surface area contributed by atoms with Crippen LogP contribution in [-0.4, -0.2) is 72.2 Å². The van der Waals surface area contributed by atoms with Crippen LogP contribution in [0.1, 0.15) is 32.8 Å². The Balaban J connectivity index is 2.20. The monoisotopic (exact) mass is 695 g/mol. The maximum absolute atomic E-state index is 14.4. The van der Waals surface area contributed by atoms with Crippen molar-refractivity contribution in [2.45, 2.75) is 50.7 Å². The van der Waals surface area contributed by atoms with Crippen LogP contribution in [0.3, 0.4) is 0 Å². The smallest absolute Gasteiger partial charge is 0.265 e. The quantitative estimate of drug-likeness (QED) is 0.219. The molecule has 14 heteroatoms. The van der Waals surface area contributed by atoms with Gasteiger partial charge in [0, 0.05) is 40.3 Å². The summed E-state index contributed by atoms with van der Waals surface area (Å²) in [6, 6.07) is 12.3. The van der Waals surface area contributed by atoms with Crippen molar-refractivity contribution >= 4 is 50.7 Å². The highest BCUT2D eigenvalue weighted by Crippen LogP contribution is 2.38. The molecule has 2 atom stereocenters. The average Bonchev–Trinajstić information content (AvgIpc) is 3.05. The molecule has 0 unspecified atom stereocenters. The van der Waals surface area contributed by atoms with E-state index in [1.54, 1.807) is 31.2 Å². The molecule has 0 aliphatic heterocycles. The summed E-state index contributed by atoms with van der Waals surface area (Å²) in [5.74, 6) is -0.196. The predicted molar refractivity (Wildman–Crippen MR) is 178 cm³/mol. The van der Waals surface area contributed by atoms with E-state index in [4.69, 9.17) is 42.1 Å². The van der Waals surface area contributed by atoms with Crippen molar-refractivity contribution in [1.82, 2.24) is 10.2 Å². The molecule has 0 aromatic heterocycles. The first kappa shape index (κ1) is 36.6. The fourth-order valence-electron chi connectivity index (χ4n) is 4.51. The summed E-state index contributed by atoms with van der Waals surface area (Å²) in [6.07, 6.45) is 0.662. The number of sulfonamides is 1. The van der Waals surface area contributed by atoms with Crippen molar-refractivity contribution in [2.75, 3.05) is 39.3 Å². The molecule has 2 amide bonds. The number of ether oxygens (including phenoxy) is 4. The number of halogens is 2. The first-order chi connectivity index (χ1) is 21.8. The van der Waals surface area contributed by atoms with Gasteiger partial charge >= 0.3 is 0 Å². The van der Waals surface area contributed by atoms with Crippen LogP contribution in [0, 0.1) is 0 Å². The number of methoxy groups -OCH3 is 4. The van der Waals surface area contributed by atoms with E-state index in [1.807, 2.05) is 13.8 Å². The molecule has 46 heavy (non-hydrogen) atoms. The Morgan fingerprint density at radius 3 is 2.02 bits per heavy atom. The second kappa shape index (κ2) is 16.1. The number of nitrogens with zero attached hydrogens (tertiary/aromatic N) is 2. The number of anilines is 1. The molecule has 0 spiro atoms. The van der Waals surface area contributed by atoms with Gasteiger partial charge in [0.15, 0.2) is 11.5 Å². The number of hydrogen-bond donors (Lipinski definition) is 1. The summed E-state index contributed by atoms with van der Waals surface area (Å²) >= 11 is 12.9. The summed E-state index contributed by atoms with van der Waals surface area (Å²) in [7, 11) is 1.12. The summed E-state index contributed by atoms with van der Waals surface area (Å²) in [5.41, 5.74) is 0.424. The molecule has 0 radical (unpaired) electrons. The molecule has 1 N–H and O–H groups in total. The average molecular weight is 697 g/mol. The maximum Gasteiger partial charge on any atom is 0.265 e. The summed E-state index contributed by atoms with van der Waals surface area (Å²) in [6.45, 7) is 4.41. The van der Waals surface area contributed by atoms with Gasteiger partial charge in [0.1, 0.15) is 24.1 Å². The number of rotatable bonds is 15. The molecule has 3 aromatic carbocycles. The predicted octanol–water partition coefficient (Wildman–Crippen LogP) is 5.56. The number of amides is 2. The third-order valence-electron chi connectivity index (χ3n) is 7.44. The van der Waals surface area contributed by atoms with Gasteiger partial charge in [-0.05, 0) is 56.7 Å². The van der Waals surface area contributed by atoms with Crippen LogP contribution < -0.4 is 28.6 Å². The highest BCUT2D eigenvalue weighted by molar-refractivity contribution is 7.92. The molecule has 0 aliphatic carbocycles. The first-order valence-electron chi connectivity index (χ1n) is 14.3. The van der Waals surface area contributed by atoms with Gasteiger partial charge in [-0.3, -0.25) is 13.9 Å². The van der Waals surface area contributed by atoms with Gasteiger partial charge in [-0.2, -0.15) is 0 Å². The van der Waals surface area contributed by atoms with Gasteiger partial charge in [-0.15, -0.1) is 0 Å². The van der Waals surface area contributed by atoms with Crippen molar-refractivity contribution in [3.05, 3.63) is 70.2 Å². The number of carbonyl (C=O) groups is 2. The molecular formula is C32H39Cl2N3O8S. The number of nitrogens with one attached hydrogen (secondary N) is 1. The maximum atomic E-state index is 14.4. The molecule has 0 aliphatic rings. The van der Waals surface area contributed by atoms with Gasteiger partial charge in [-0.1, -0.05) is 36.2 Å². The Hall–Kier alpha value is -3.87. The molecule has 0 fully saturated rings. The minimum Gasteiger partial charge on any atom is -0.497 e. The molecular weight excluding hydrogens is 657 g/mol. The fraction of sp³-hybridized carbons (Fsp3) is 0.375. The van der Waals surface area contributed by atoms with Crippen LogP contribution in [0.2, 0.25) is 10.0 Å². The van der Waals surface area contributed by atoms with Crippen LogP contribution in [0.25, 0.3) is 0 Å². The zero-order valence-electron chi connectivity index (χ0n) is 26.8. The molecule has 11 nitrogen and oxygen atoms in total. The largest absolute Gasteiger partial charge is 0.497 e. The van der Waals surface area contributed by atoms with Gasteiger partial charge in [0.2, 0.25) is 11.8 Å². The Bertz CT molecular complexity index is 1630. The van der Waals surface area contributed by atoms with Crippen LogP contribution in [0.5, 0.6) is 23.0 Å². The van der Waals surface area contributed by atoms with Crippen LogP contribution in [0.4, 0.5) is 5.69 Å². The van der Waals surface area contributed by atoms with E-state index < -0.39 is 34.4 Å². The van der Waals surface area contributed by atoms with E-state index in [9.17, 15) is 18.0 Å². The zero-order chi connectivity index (χ0) is 34.2. The lowest BCUT2D eigenvalue weighted by molar-refractivity contribution is -0.139. The Kier molecular flexibility index (Phi) is 12.8. The molecule has 3 rings (SSSR count). The lowest BCUT2D eigenvalue weighted by Gasteiger charge is -2.33. The molecule has 250 valence electrons. The summed E-state index contributed by atoms with van der Waals surface area (Å²) in [4.78, 5) is 28.7. The highest BCUT2D eigenvalue weighted by Gasteiger charge is 2.35. The minimum absolute atomic E-state index is 0.0254. The van der Waals surface area contributed by atoms with Crippen molar-refractivity contribution in [3.8, 4) is 23.0 Å². The third kappa shape index (κ3) is 8.28. The van der Waals surface area contributed by atoms with E-state index >= 15 is 0 Å².